The Labute approximate surface area is 73.1 Å². The average molecular weight is 188 g/mol. The molecule has 0 N–H and O–H groups in total. The highest BCUT2D eigenvalue weighted by Crippen LogP contribution is 1.73. The molecule has 0 aliphatic heterocycles. The van der Waals surface area contributed by atoms with Crippen molar-refractivity contribution in [3.05, 3.63) is 30.6 Å². The summed E-state index contributed by atoms with van der Waals surface area (Å²) >= 11 is 0. The molecule has 0 unspecified atom stereocenters. The van der Waals surface area contributed by atoms with Gasteiger partial charge in [-0.2, -0.15) is 0 Å². The van der Waals surface area contributed by atoms with Crippen LogP contribution in [-0.4, -0.2) is 4.98 Å². The summed E-state index contributed by atoms with van der Waals surface area (Å²) in [6, 6.07) is 5.72. The van der Waals surface area contributed by atoms with Crippen LogP contribution in [0.4, 0.5) is 0 Å². The van der Waals surface area contributed by atoms with E-state index in [0.717, 1.165) is 0 Å². The van der Waals surface area contributed by atoms with Gasteiger partial charge in [0.15, 0.2) is 0 Å². The minimum Gasteiger partial charge on any atom is -0.265 e. The Balaban J connectivity index is -0.000000120. The van der Waals surface area contributed by atoms with Crippen LogP contribution in [0.3, 0.4) is 0 Å². The van der Waals surface area contributed by atoms with E-state index >= 15 is 0 Å². The molecule has 0 saturated heterocycles. The smallest absolute Gasteiger partial charge is 0.0267 e. The van der Waals surface area contributed by atoms with Gasteiger partial charge in [-0.05, 0) is 12.1 Å². The summed E-state index contributed by atoms with van der Waals surface area (Å²) in [5.41, 5.74) is 0. The highest BCUT2D eigenvalue weighted by Gasteiger charge is 1.58. The summed E-state index contributed by atoms with van der Waals surface area (Å²) in [5.74, 6) is 0. The maximum Gasteiger partial charge on any atom is 0.0267 e. The fourth-order valence-corrected chi connectivity index (χ4v) is 0.313. The monoisotopic (exact) mass is 187 g/mol. The second kappa shape index (κ2) is 10.9. The van der Waals surface area contributed by atoms with Crippen LogP contribution >= 0.6 is 37.2 Å². The minimum absolute atomic E-state index is 0. The van der Waals surface area contributed by atoms with Crippen LogP contribution in [0, 0.1) is 0 Å². The summed E-state index contributed by atoms with van der Waals surface area (Å²) in [4.78, 5) is 3.78. The summed E-state index contributed by atoms with van der Waals surface area (Å²) in [6.07, 6.45) is 3.50. The van der Waals surface area contributed by atoms with Crippen LogP contribution in [0.5, 0.6) is 0 Å². The lowest BCUT2D eigenvalue weighted by molar-refractivity contribution is 1.33. The van der Waals surface area contributed by atoms with E-state index in [9.17, 15) is 0 Å². The molecule has 0 bridgehead atoms. The van der Waals surface area contributed by atoms with Crippen LogP contribution in [0.15, 0.2) is 30.6 Å². The standard InChI is InChI=1S/C5H5N.3ClH/c1-2-4-6-5-3-1;;;/h1-5H;3*1H. The normalized spacial score (nSPS) is 5.33. The van der Waals surface area contributed by atoms with Crippen molar-refractivity contribution in [3.63, 3.8) is 0 Å². The minimum atomic E-state index is 0. The summed E-state index contributed by atoms with van der Waals surface area (Å²) in [7, 11) is 0. The van der Waals surface area contributed by atoms with Crippen molar-refractivity contribution in [1.29, 1.82) is 0 Å². The highest BCUT2D eigenvalue weighted by molar-refractivity contribution is 5.86. The van der Waals surface area contributed by atoms with Crippen LogP contribution in [0.2, 0.25) is 0 Å². The number of aromatic nitrogens is 1. The molecule has 1 heterocycles. The van der Waals surface area contributed by atoms with Crippen molar-refractivity contribution >= 4 is 37.2 Å². The number of halogens is 3. The van der Waals surface area contributed by atoms with Crippen molar-refractivity contribution in [3.8, 4) is 0 Å². The van der Waals surface area contributed by atoms with Gasteiger partial charge >= 0.3 is 0 Å². The van der Waals surface area contributed by atoms with Crippen molar-refractivity contribution in [2.45, 2.75) is 0 Å². The highest BCUT2D eigenvalue weighted by atomic mass is 35.5. The molecule has 0 aliphatic rings. The van der Waals surface area contributed by atoms with Crippen LogP contribution < -0.4 is 0 Å². The van der Waals surface area contributed by atoms with E-state index in [1.54, 1.807) is 12.4 Å². The first-order valence-corrected chi connectivity index (χ1v) is 1.85. The van der Waals surface area contributed by atoms with Gasteiger partial charge in [0.25, 0.3) is 0 Å². The largest absolute Gasteiger partial charge is 0.265 e. The molecule has 54 valence electrons. The number of hydrogen-bond donors (Lipinski definition) is 0. The van der Waals surface area contributed by atoms with E-state index in [1.165, 1.54) is 0 Å². The SMILES string of the molecule is Cl.Cl.Cl.c1ccncc1. The molecule has 0 aromatic carbocycles. The summed E-state index contributed by atoms with van der Waals surface area (Å²) < 4.78 is 0. The average Bonchev–Trinajstić information content (AvgIpc) is 1.72. The van der Waals surface area contributed by atoms with Crippen LogP contribution in [0.1, 0.15) is 0 Å². The lowest BCUT2D eigenvalue weighted by atomic mass is 10.5. The lowest BCUT2D eigenvalue weighted by Gasteiger charge is -1.70. The second-order valence-corrected chi connectivity index (χ2v) is 1.02. The molecule has 0 radical (unpaired) electrons. The van der Waals surface area contributed by atoms with Gasteiger partial charge in [-0.3, -0.25) is 4.98 Å². The van der Waals surface area contributed by atoms with Crippen molar-refractivity contribution < 1.29 is 0 Å². The third-order valence-electron chi connectivity index (χ3n) is 0.566. The third kappa shape index (κ3) is 8.02. The topological polar surface area (TPSA) is 12.9 Å². The zero-order valence-electron chi connectivity index (χ0n) is 4.56. The Morgan fingerprint density at radius 3 is 1.22 bits per heavy atom. The number of hydrogen-bond acceptors (Lipinski definition) is 1. The number of pyridine rings is 1. The molecular weight excluding hydrogens is 180 g/mol. The van der Waals surface area contributed by atoms with Crippen LogP contribution in [-0.2, 0) is 0 Å². The Morgan fingerprint density at radius 2 is 1.11 bits per heavy atom. The Morgan fingerprint density at radius 1 is 0.667 bits per heavy atom. The van der Waals surface area contributed by atoms with E-state index in [-0.39, 0.29) is 37.2 Å². The molecule has 0 amide bonds. The molecule has 4 heteroatoms. The van der Waals surface area contributed by atoms with Gasteiger partial charge in [-0.15, -0.1) is 37.2 Å². The molecule has 0 saturated carbocycles. The first kappa shape index (κ1) is 16.0. The summed E-state index contributed by atoms with van der Waals surface area (Å²) in [6.45, 7) is 0. The van der Waals surface area contributed by atoms with Gasteiger partial charge in [0.05, 0.1) is 0 Å². The molecule has 1 aromatic rings. The Bertz CT molecular complexity index is 84.1. The van der Waals surface area contributed by atoms with E-state index in [1.807, 2.05) is 18.2 Å². The fraction of sp³-hybridized carbons (Fsp3) is 0. The number of rotatable bonds is 0. The molecule has 1 rings (SSSR count). The first-order chi connectivity index (χ1) is 3.00. The Hall–Kier alpha value is 0.0200. The van der Waals surface area contributed by atoms with E-state index in [4.69, 9.17) is 0 Å². The predicted octanol–water partition coefficient (Wildman–Crippen LogP) is 2.35. The van der Waals surface area contributed by atoms with Crippen LogP contribution in [0.25, 0.3) is 0 Å². The molecule has 1 aromatic heterocycles. The van der Waals surface area contributed by atoms with E-state index in [0.29, 0.717) is 0 Å². The zero-order valence-corrected chi connectivity index (χ0v) is 7.01. The van der Waals surface area contributed by atoms with Gasteiger partial charge in [-0.1, -0.05) is 6.07 Å². The molecule has 0 spiro atoms. The molecule has 0 aliphatic carbocycles. The zero-order chi connectivity index (χ0) is 4.24. The van der Waals surface area contributed by atoms with Crippen molar-refractivity contribution in [2.24, 2.45) is 0 Å². The maximum atomic E-state index is 3.78. The lowest BCUT2D eigenvalue weighted by Crippen LogP contribution is -1.58. The van der Waals surface area contributed by atoms with Gasteiger partial charge in [0, 0.05) is 12.4 Å². The maximum absolute atomic E-state index is 3.78. The van der Waals surface area contributed by atoms with E-state index in [2.05, 4.69) is 4.98 Å². The third-order valence-corrected chi connectivity index (χ3v) is 0.566. The first-order valence-electron chi connectivity index (χ1n) is 1.85. The molecule has 9 heavy (non-hydrogen) atoms. The predicted molar refractivity (Wildman–Crippen MR) is 46.0 cm³/mol. The summed E-state index contributed by atoms with van der Waals surface area (Å²) in [5, 5.41) is 0. The second-order valence-electron chi connectivity index (χ2n) is 1.02. The van der Waals surface area contributed by atoms with Crippen molar-refractivity contribution in [1.82, 2.24) is 4.98 Å². The molecule has 1 nitrogen and oxygen atoms in total. The van der Waals surface area contributed by atoms with Crippen molar-refractivity contribution in [2.75, 3.05) is 0 Å². The van der Waals surface area contributed by atoms with Gasteiger partial charge in [0.2, 0.25) is 0 Å². The quantitative estimate of drug-likeness (QED) is 0.609. The molecule has 0 atom stereocenters. The number of nitrogens with zero attached hydrogens (tertiary/aromatic N) is 1. The molecule has 0 fully saturated rings. The van der Waals surface area contributed by atoms with E-state index < -0.39 is 0 Å². The van der Waals surface area contributed by atoms with Gasteiger partial charge in [-0.25, -0.2) is 0 Å². The fourth-order valence-electron chi connectivity index (χ4n) is 0.313. The molecular formula is C5H8Cl3N. The van der Waals surface area contributed by atoms with Gasteiger partial charge in [0.1, 0.15) is 0 Å². The van der Waals surface area contributed by atoms with Gasteiger partial charge < -0.3 is 0 Å². The Kier molecular flexibility index (Phi) is 19.4.